The zero-order valence-electron chi connectivity index (χ0n) is 11.7. The second-order valence-electron chi connectivity index (χ2n) is 4.92. The Balaban J connectivity index is 2.04. The van der Waals surface area contributed by atoms with E-state index in [2.05, 4.69) is 28.6 Å². The molecule has 1 atom stereocenters. The van der Waals surface area contributed by atoms with Crippen molar-refractivity contribution in [2.75, 3.05) is 7.05 Å². The summed E-state index contributed by atoms with van der Waals surface area (Å²) in [4.78, 5) is 0. The van der Waals surface area contributed by atoms with E-state index in [0.29, 0.717) is 6.04 Å². The van der Waals surface area contributed by atoms with Crippen molar-refractivity contribution >= 4 is 11.6 Å². The van der Waals surface area contributed by atoms with Gasteiger partial charge in [-0.05, 0) is 44.2 Å². The lowest BCUT2D eigenvalue weighted by molar-refractivity contribution is 0.533. The Bertz CT molecular complexity index is 531. The third kappa shape index (κ3) is 3.82. The van der Waals surface area contributed by atoms with Crippen molar-refractivity contribution < 1.29 is 0 Å². The lowest BCUT2D eigenvalue weighted by Crippen LogP contribution is -2.30. The number of halogens is 1. The first-order valence-corrected chi connectivity index (χ1v) is 6.87. The fraction of sp³-hybridized carbons (Fsp3) is 0.400. The Morgan fingerprint density at radius 3 is 2.47 bits per heavy atom. The van der Waals surface area contributed by atoms with Crippen LogP contribution in [0.1, 0.15) is 17.0 Å². The van der Waals surface area contributed by atoms with Crippen LogP contribution in [0.15, 0.2) is 30.3 Å². The van der Waals surface area contributed by atoms with E-state index in [1.807, 2.05) is 37.8 Å². The summed E-state index contributed by atoms with van der Waals surface area (Å²) in [7, 11) is 4.00. The quantitative estimate of drug-likeness (QED) is 0.911. The summed E-state index contributed by atoms with van der Waals surface area (Å²) in [5.41, 5.74) is 3.62. The predicted molar refractivity (Wildman–Crippen MR) is 79.7 cm³/mol. The number of hydrogen-bond donors (Lipinski definition) is 1. The molecule has 0 saturated heterocycles. The summed E-state index contributed by atoms with van der Waals surface area (Å²) in [6.45, 7) is 2.02. The molecule has 19 heavy (non-hydrogen) atoms. The molecule has 0 aliphatic carbocycles. The van der Waals surface area contributed by atoms with E-state index in [1.165, 1.54) is 11.3 Å². The number of rotatable bonds is 5. The number of nitrogens with zero attached hydrogens (tertiary/aromatic N) is 2. The van der Waals surface area contributed by atoms with Gasteiger partial charge in [-0.25, -0.2) is 0 Å². The largest absolute Gasteiger partial charge is 0.316 e. The van der Waals surface area contributed by atoms with Crippen molar-refractivity contribution in [3.05, 3.63) is 52.3 Å². The van der Waals surface area contributed by atoms with Crippen molar-refractivity contribution in [3.8, 4) is 0 Å². The van der Waals surface area contributed by atoms with Gasteiger partial charge in [0.1, 0.15) is 0 Å². The molecular formula is C15H20ClN3. The molecule has 1 unspecified atom stereocenters. The van der Waals surface area contributed by atoms with Crippen molar-refractivity contribution in [1.29, 1.82) is 0 Å². The molecule has 0 aliphatic rings. The van der Waals surface area contributed by atoms with Gasteiger partial charge < -0.3 is 5.32 Å². The molecule has 2 rings (SSSR count). The average Bonchev–Trinajstić information content (AvgIpc) is 2.69. The molecule has 3 nitrogen and oxygen atoms in total. The van der Waals surface area contributed by atoms with Crippen molar-refractivity contribution in [2.45, 2.75) is 25.8 Å². The second-order valence-corrected chi connectivity index (χ2v) is 5.36. The minimum Gasteiger partial charge on any atom is -0.316 e. The predicted octanol–water partition coefficient (Wildman–Crippen LogP) is 2.76. The fourth-order valence-corrected chi connectivity index (χ4v) is 2.42. The number of likely N-dealkylation sites (N-methyl/N-ethyl adjacent to an activating group) is 1. The highest BCUT2D eigenvalue weighted by atomic mass is 35.5. The molecular weight excluding hydrogens is 258 g/mol. The average molecular weight is 278 g/mol. The molecule has 0 amide bonds. The molecule has 0 aliphatic heterocycles. The van der Waals surface area contributed by atoms with Crippen LogP contribution in [0.3, 0.4) is 0 Å². The van der Waals surface area contributed by atoms with Gasteiger partial charge in [0.15, 0.2) is 0 Å². The van der Waals surface area contributed by atoms with Gasteiger partial charge in [0.05, 0.1) is 5.69 Å². The molecule has 0 spiro atoms. The third-order valence-corrected chi connectivity index (χ3v) is 3.61. The van der Waals surface area contributed by atoms with E-state index < -0.39 is 0 Å². The maximum Gasteiger partial charge on any atom is 0.0596 e. The number of nitrogens with one attached hydrogen (secondary N) is 1. The molecule has 0 saturated carbocycles. The molecule has 1 aromatic carbocycles. The van der Waals surface area contributed by atoms with E-state index >= 15 is 0 Å². The van der Waals surface area contributed by atoms with Crippen LogP contribution in [0.5, 0.6) is 0 Å². The van der Waals surface area contributed by atoms with E-state index in [-0.39, 0.29) is 0 Å². The van der Waals surface area contributed by atoms with Crippen LogP contribution in [0.25, 0.3) is 0 Å². The smallest absolute Gasteiger partial charge is 0.0596 e. The van der Waals surface area contributed by atoms with Crippen molar-refractivity contribution in [3.63, 3.8) is 0 Å². The second kappa shape index (κ2) is 6.22. The Kier molecular flexibility index (Phi) is 4.61. The van der Waals surface area contributed by atoms with E-state index in [0.717, 1.165) is 23.6 Å². The van der Waals surface area contributed by atoms with Crippen LogP contribution < -0.4 is 5.32 Å². The van der Waals surface area contributed by atoms with Crippen molar-refractivity contribution in [1.82, 2.24) is 15.1 Å². The Morgan fingerprint density at radius 2 is 1.95 bits per heavy atom. The van der Waals surface area contributed by atoms with Gasteiger partial charge in [-0.15, -0.1) is 0 Å². The Morgan fingerprint density at radius 1 is 1.26 bits per heavy atom. The minimum atomic E-state index is 0.399. The van der Waals surface area contributed by atoms with Gasteiger partial charge in [-0.1, -0.05) is 23.7 Å². The minimum absolute atomic E-state index is 0.399. The van der Waals surface area contributed by atoms with E-state index in [9.17, 15) is 0 Å². The lowest BCUT2D eigenvalue weighted by Gasteiger charge is -2.16. The first-order chi connectivity index (χ1) is 9.08. The van der Waals surface area contributed by atoms with Gasteiger partial charge in [0.25, 0.3) is 0 Å². The molecule has 2 aromatic rings. The normalized spacial score (nSPS) is 12.6. The van der Waals surface area contributed by atoms with Crippen LogP contribution in [-0.4, -0.2) is 22.9 Å². The van der Waals surface area contributed by atoms with Crippen LogP contribution in [0.2, 0.25) is 5.02 Å². The highest BCUT2D eigenvalue weighted by molar-refractivity contribution is 6.30. The highest BCUT2D eigenvalue weighted by Gasteiger charge is 2.11. The molecule has 102 valence electrons. The fourth-order valence-electron chi connectivity index (χ4n) is 2.29. The van der Waals surface area contributed by atoms with Gasteiger partial charge in [-0.3, -0.25) is 4.68 Å². The van der Waals surface area contributed by atoms with Gasteiger partial charge in [-0.2, -0.15) is 5.10 Å². The molecule has 0 fully saturated rings. The van der Waals surface area contributed by atoms with Gasteiger partial charge in [0, 0.05) is 30.2 Å². The number of hydrogen-bond acceptors (Lipinski definition) is 2. The topological polar surface area (TPSA) is 29.9 Å². The molecule has 1 heterocycles. The first kappa shape index (κ1) is 14.1. The standard InChI is InChI=1S/C15H20ClN3/c1-11-8-15(19(3)18-11)10-14(17-2)9-12-4-6-13(16)7-5-12/h4-8,14,17H,9-10H2,1-3H3. The number of aryl methyl sites for hydroxylation is 2. The van der Waals surface area contributed by atoms with Crippen LogP contribution in [-0.2, 0) is 19.9 Å². The molecule has 0 bridgehead atoms. The summed E-state index contributed by atoms with van der Waals surface area (Å²) >= 11 is 5.91. The number of benzene rings is 1. The summed E-state index contributed by atoms with van der Waals surface area (Å²) in [6.07, 6.45) is 1.95. The van der Waals surface area contributed by atoms with Crippen LogP contribution >= 0.6 is 11.6 Å². The lowest BCUT2D eigenvalue weighted by atomic mass is 10.0. The summed E-state index contributed by atoms with van der Waals surface area (Å²) in [5, 5.41) is 8.55. The van der Waals surface area contributed by atoms with Crippen LogP contribution in [0, 0.1) is 6.92 Å². The van der Waals surface area contributed by atoms with Crippen molar-refractivity contribution in [2.24, 2.45) is 7.05 Å². The monoisotopic (exact) mass is 277 g/mol. The van der Waals surface area contributed by atoms with Gasteiger partial charge in [0.2, 0.25) is 0 Å². The van der Waals surface area contributed by atoms with Gasteiger partial charge >= 0.3 is 0 Å². The molecule has 4 heteroatoms. The zero-order chi connectivity index (χ0) is 13.8. The molecule has 1 N–H and O–H groups in total. The van der Waals surface area contributed by atoms with E-state index in [1.54, 1.807) is 0 Å². The summed E-state index contributed by atoms with van der Waals surface area (Å²) in [5.74, 6) is 0. The number of aromatic nitrogens is 2. The molecule has 0 radical (unpaired) electrons. The Labute approximate surface area is 119 Å². The zero-order valence-corrected chi connectivity index (χ0v) is 12.4. The Hall–Kier alpha value is -1.32. The van der Waals surface area contributed by atoms with Crippen LogP contribution in [0.4, 0.5) is 0 Å². The molecule has 1 aromatic heterocycles. The SMILES string of the molecule is CNC(Cc1ccc(Cl)cc1)Cc1cc(C)nn1C. The maximum atomic E-state index is 5.91. The van der Waals surface area contributed by atoms with E-state index in [4.69, 9.17) is 11.6 Å². The third-order valence-electron chi connectivity index (χ3n) is 3.36. The summed E-state index contributed by atoms with van der Waals surface area (Å²) in [6, 6.07) is 10.6. The summed E-state index contributed by atoms with van der Waals surface area (Å²) < 4.78 is 1.96. The first-order valence-electron chi connectivity index (χ1n) is 6.49. The maximum absolute atomic E-state index is 5.91. The highest BCUT2D eigenvalue weighted by Crippen LogP contribution is 2.13.